The molecular weight excluding hydrogens is 396 g/mol. The van der Waals surface area contributed by atoms with E-state index in [1.54, 1.807) is 27.4 Å². The summed E-state index contributed by atoms with van der Waals surface area (Å²) in [5.74, 6) is 1.37. The molecule has 2 heterocycles. The molecule has 2 aliphatic heterocycles. The number of carbonyl (C=O) groups excluding carboxylic acids is 1. The number of hydrogen-bond donors (Lipinski definition) is 0. The van der Waals surface area contributed by atoms with Crippen molar-refractivity contribution in [3.05, 3.63) is 23.8 Å². The minimum atomic E-state index is -3.27. The summed E-state index contributed by atoms with van der Waals surface area (Å²) in [5.41, 5.74) is 0.595. The van der Waals surface area contributed by atoms with Crippen molar-refractivity contribution >= 4 is 15.9 Å². The maximum Gasteiger partial charge on any atom is 0.227 e. The van der Waals surface area contributed by atoms with Gasteiger partial charge in [-0.05, 0) is 30.0 Å². The van der Waals surface area contributed by atoms with E-state index in [1.165, 1.54) is 10.6 Å². The molecule has 3 rings (SSSR count). The summed E-state index contributed by atoms with van der Waals surface area (Å²) in [6.45, 7) is 2.52. The minimum Gasteiger partial charge on any atom is -0.497 e. The molecule has 0 bridgehead atoms. The van der Waals surface area contributed by atoms with Crippen molar-refractivity contribution in [2.24, 2.45) is 11.3 Å². The van der Waals surface area contributed by atoms with Gasteiger partial charge in [0.2, 0.25) is 15.9 Å². The van der Waals surface area contributed by atoms with Crippen molar-refractivity contribution < 1.29 is 27.4 Å². The Labute approximate surface area is 172 Å². The predicted molar refractivity (Wildman–Crippen MR) is 109 cm³/mol. The summed E-state index contributed by atoms with van der Waals surface area (Å²) in [6.07, 6.45) is 2.21. The number of benzene rings is 1. The number of ether oxygens (including phenoxy) is 3. The van der Waals surface area contributed by atoms with Gasteiger partial charge in [0.15, 0.2) is 0 Å². The zero-order valence-corrected chi connectivity index (χ0v) is 18.3. The first-order valence-electron chi connectivity index (χ1n) is 9.64. The van der Waals surface area contributed by atoms with Gasteiger partial charge in [-0.15, -0.1) is 0 Å². The molecule has 29 heavy (non-hydrogen) atoms. The van der Waals surface area contributed by atoms with Crippen LogP contribution in [0.15, 0.2) is 18.2 Å². The topological polar surface area (TPSA) is 85.4 Å². The number of rotatable bonds is 7. The Morgan fingerprint density at radius 2 is 1.79 bits per heavy atom. The zero-order chi connectivity index (χ0) is 21.2. The molecule has 2 aliphatic rings. The van der Waals surface area contributed by atoms with Gasteiger partial charge in [-0.25, -0.2) is 12.7 Å². The Balaban J connectivity index is 1.73. The number of hydrogen-bond acceptors (Lipinski definition) is 6. The van der Waals surface area contributed by atoms with Crippen LogP contribution in [0.3, 0.4) is 0 Å². The highest BCUT2D eigenvalue weighted by Gasteiger charge is 2.52. The smallest absolute Gasteiger partial charge is 0.227 e. The van der Waals surface area contributed by atoms with Crippen molar-refractivity contribution in [2.45, 2.75) is 12.8 Å². The van der Waals surface area contributed by atoms with Crippen LogP contribution in [0.25, 0.3) is 0 Å². The van der Waals surface area contributed by atoms with Crippen LogP contribution in [0.2, 0.25) is 0 Å². The number of methoxy groups -OCH3 is 3. The molecule has 2 saturated heterocycles. The maximum atomic E-state index is 13.0. The van der Waals surface area contributed by atoms with Crippen molar-refractivity contribution in [1.82, 2.24) is 9.21 Å². The molecule has 0 aromatic heterocycles. The SMILES string of the molecule is COC[C@@]12CCN(C(=O)Cc3cc(OC)cc(OC)c3)C[C@@H]1CN(S(C)(=O)=O)C2. The molecule has 0 aliphatic carbocycles. The standard InChI is InChI=1S/C20H30N2O6S/c1-26-14-20-5-6-21(11-16(20)12-22(13-20)29(4,24)25)19(23)9-15-7-17(27-2)10-18(8-15)28-3/h7-8,10,16H,5-6,9,11-14H2,1-4H3/t16-,20+/m1/s1. The zero-order valence-electron chi connectivity index (χ0n) is 17.5. The number of likely N-dealkylation sites (tertiary alicyclic amines) is 1. The van der Waals surface area contributed by atoms with Gasteiger partial charge in [0.05, 0.1) is 33.5 Å². The van der Waals surface area contributed by atoms with Crippen LogP contribution in [0.5, 0.6) is 11.5 Å². The number of amides is 1. The average molecular weight is 427 g/mol. The first kappa shape index (κ1) is 21.9. The van der Waals surface area contributed by atoms with Crippen LogP contribution in [0, 0.1) is 11.3 Å². The van der Waals surface area contributed by atoms with E-state index in [0.717, 1.165) is 12.0 Å². The monoisotopic (exact) mass is 426 g/mol. The van der Waals surface area contributed by atoms with Gasteiger partial charge in [0.25, 0.3) is 0 Å². The van der Waals surface area contributed by atoms with Gasteiger partial charge in [0, 0.05) is 44.8 Å². The van der Waals surface area contributed by atoms with Crippen LogP contribution in [-0.2, 0) is 26.0 Å². The van der Waals surface area contributed by atoms with Crippen molar-refractivity contribution in [2.75, 3.05) is 60.4 Å². The van der Waals surface area contributed by atoms with E-state index in [0.29, 0.717) is 44.3 Å². The van der Waals surface area contributed by atoms with Gasteiger partial charge >= 0.3 is 0 Å². The lowest BCUT2D eigenvalue weighted by Crippen LogP contribution is -2.51. The average Bonchev–Trinajstić information content (AvgIpc) is 3.06. The molecule has 2 atom stereocenters. The third-order valence-electron chi connectivity index (χ3n) is 6.12. The van der Waals surface area contributed by atoms with Crippen LogP contribution in [0.4, 0.5) is 0 Å². The Hall–Kier alpha value is -1.84. The van der Waals surface area contributed by atoms with E-state index in [4.69, 9.17) is 14.2 Å². The quantitative estimate of drug-likeness (QED) is 0.647. The lowest BCUT2D eigenvalue weighted by Gasteiger charge is -2.43. The highest BCUT2D eigenvalue weighted by atomic mass is 32.2. The maximum absolute atomic E-state index is 13.0. The third-order valence-corrected chi connectivity index (χ3v) is 7.34. The van der Waals surface area contributed by atoms with Gasteiger partial charge < -0.3 is 19.1 Å². The molecule has 0 spiro atoms. The molecule has 0 saturated carbocycles. The van der Waals surface area contributed by atoms with Crippen LogP contribution < -0.4 is 9.47 Å². The summed E-state index contributed by atoms with van der Waals surface area (Å²) in [4.78, 5) is 14.8. The molecule has 2 fully saturated rings. The first-order valence-corrected chi connectivity index (χ1v) is 11.5. The molecular formula is C20H30N2O6S. The van der Waals surface area contributed by atoms with E-state index in [2.05, 4.69) is 0 Å². The van der Waals surface area contributed by atoms with Crippen molar-refractivity contribution in [3.63, 3.8) is 0 Å². The van der Waals surface area contributed by atoms with E-state index < -0.39 is 10.0 Å². The molecule has 0 unspecified atom stereocenters. The first-order chi connectivity index (χ1) is 13.7. The molecule has 9 heteroatoms. The summed E-state index contributed by atoms with van der Waals surface area (Å²) >= 11 is 0. The number of carbonyl (C=O) groups is 1. The second-order valence-electron chi connectivity index (χ2n) is 8.04. The van der Waals surface area contributed by atoms with E-state index in [1.807, 2.05) is 17.0 Å². The number of fused-ring (bicyclic) bond motifs is 1. The molecule has 0 radical (unpaired) electrons. The molecule has 0 N–H and O–H groups in total. The molecule has 1 aromatic rings. The molecule has 8 nitrogen and oxygen atoms in total. The molecule has 1 amide bonds. The normalized spacial score (nSPS) is 25.0. The summed E-state index contributed by atoms with van der Waals surface area (Å²) in [6, 6.07) is 5.44. The summed E-state index contributed by atoms with van der Waals surface area (Å²) < 4.78 is 41.7. The lowest BCUT2D eigenvalue weighted by molar-refractivity contribution is -0.134. The van der Waals surface area contributed by atoms with Gasteiger partial charge in [-0.1, -0.05) is 0 Å². The number of nitrogens with zero attached hydrogens (tertiary/aromatic N) is 2. The fraction of sp³-hybridized carbons (Fsp3) is 0.650. The Morgan fingerprint density at radius 3 is 2.34 bits per heavy atom. The van der Waals surface area contributed by atoms with E-state index in [-0.39, 0.29) is 23.7 Å². The van der Waals surface area contributed by atoms with Gasteiger partial charge in [-0.3, -0.25) is 4.79 Å². The van der Waals surface area contributed by atoms with Crippen molar-refractivity contribution in [1.29, 1.82) is 0 Å². The van der Waals surface area contributed by atoms with Crippen LogP contribution >= 0.6 is 0 Å². The van der Waals surface area contributed by atoms with E-state index in [9.17, 15) is 13.2 Å². The fourth-order valence-electron chi connectivity index (χ4n) is 4.49. The highest BCUT2D eigenvalue weighted by molar-refractivity contribution is 7.88. The molecule has 162 valence electrons. The van der Waals surface area contributed by atoms with Gasteiger partial charge in [0.1, 0.15) is 11.5 Å². The highest BCUT2D eigenvalue weighted by Crippen LogP contribution is 2.44. The Morgan fingerprint density at radius 1 is 1.14 bits per heavy atom. The Bertz CT molecular complexity index is 836. The minimum absolute atomic E-state index is 0.0177. The van der Waals surface area contributed by atoms with Crippen LogP contribution in [-0.4, -0.2) is 83.9 Å². The molecule has 1 aromatic carbocycles. The third kappa shape index (κ3) is 4.67. The largest absolute Gasteiger partial charge is 0.497 e. The van der Waals surface area contributed by atoms with E-state index >= 15 is 0 Å². The van der Waals surface area contributed by atoms with Gasteiger partial charge in [-0.2, -0.15) is 0 Å². The predicted octanol–water partition coefficient (Wildman–Crippen LogP) is 1.00. The fourth-order valence-corrected chi connectivity index (χ4v) is 5.43. The number of piperidine rings is 1. The number of sulfonamides is 1. The van der Waals surface area contributed by atoms with Crippen LogP contribution in [0.1, 0.15) is 12.0 Å². The second kappa shape index (κ2) is 8.49. The Kier molecular flexibility index (Phi) is 6.40. The summed E-state index contributed by atoms with van der Waals surface area (Å²) in [7, 11) is 1.52. The van der Waals surface area contributed by atoms with Crippen molar-refractivity contribution in [3.8, 4) is 11.5 Å². The second-order valence-corrected chi connectivity index (χ2v) is 10.0. The summed E-state index contributed by atoms with van der Waals surface area (Å²) in [5, 5.41) is 0. The lowest BCUT2D eigenvalue weighted by atomic mass is 9.73.